The Kier molecular flexibility index (Phi) is 6.75. The van der Waals surface area contributed by atoms with Crippen LogP contribution in [0.4, 0.5) is 4.79 Å². The van der Waals surface area contributed by atoms with Gasteiger partial charge in [0.15, 0.2) is 0 Å². The maximum Gasteiger partial charge on any atom is 0.410 e. The first kappa shape index (κ1) is 18.6. The van der Waals surface area contributed by atoms with Gasteiger partial charge in [-0.25, -0.2) is 4.79 Å². The van der Waals surface area contributed by atoms with Crippen LogP contribution in [0.3, 0.4) is 0 Å². The molecule has 1 aliphatic carbocycles. The van der Waals surface area contributed by atoms with Gasteiger partial charge in [-0.3, -0.25) is 0 Å². The Bertz CT molecular complexity index is 374. The molecule has 0 radical (unpaired) electrons. The molecule has 134 valence electrons. The first-order valence-electron chi connectivity index (χ1n) is 9.58. The zero-order valence-corrected chi connectivity index (χ0v) is 15.6. The summed E-state index contributed by atoms with van der Waals surface area (Å²) in [6, 6.07) is 0.776. The average molecular weight is 325 g/mol. The lowest BCUT2D eigenvalue weighted by Crippen LogP contribution is -2.45. The predicted octanol–water partition coefficient (Wildman–Crippen LogP) is 4.33. The van der Waals surface area contributed by atoms with E-state index in [4.69, 9.17) is 4.74 Å². The number of carbonyl (C=O) groups excluding carboxylic acids is 1. The second-order valence-electron chi connectivity index (χ2n) is 8.50. The van der Waals surface area contributed by atoms with Crippen LogP contribution in [0, 0.1) is 5.92 Å². The molecule has 2 fully saturated rings. The first-order valence-corrected chi connectivity index (χ1v) is 9.58. The summed E-state index contributed by atoms with van der Waals surface area (Å²) in [7, 11) is 0. The molecule has 1 saturated heterocycles. The zero-order valence-electron chi connectivity index (χ0n) is 15.6. The van der Waals surface area contributed by atoms with Gasteiger partial charge in [0, 0.05) is 18.6 Å². The molecule has 1 saturated carbocycles. The van der Waals surface area contributed by atoms with Crippen LogP contribution in [0.15, 0.2) is 0 Å². The summed E-state index contributed by atoms with van der Waals surface area (Å²) in [5.74, 6) is 0.978. The second-order valence-corrected chi connectivity index (χ2v) is 8.50. The van der Waals surface area contributed by atoms with Crippen molar-refractivity contribution in [2.45, 2.75) is 96.7 Å². The minimum Gasteiger partial charge on any atom is -0.444 e. The summed E-state index contributed by atoms with van der Waals surface area (Å²) in [5.41, 5.74) is -0.415. The third-order valence-corrected chi connectivity index (χ3v) is 4.87. The highest BCUT2D eigenvalue weighted by Gasteiger charge is 2.30. The number of nitrogens with one attached hydrogen (secondary N) is 1. The third-order valence-electron chi connectivity index (χ3n) is 4.87. The molecular weight excluding hydrogens is 288 g/mol. The molecule has 0 aromatic carbocycles. The highest BCUT2D eigenvalue weighted by atomic mass is 16.6. The zero-order chi connectivity index (χ0) is 16.9. The molecule has 1 amide bonds. The van der Waals surface area contributed by atoms with Crippen molar-refractivity contribution in [3.05, 3.63) is 0 Å². The van der Waals surface area contributed by atoms with E-state index >= 15 is 0 Å². The number of hydrogen-bond acceptors (Lipinski definition) is 3. The van der Waals surface area contributed by atoms with E-state index in [0.717, 1.165) is 38.3 Å². The molecule has 0 aromatic rings. The van der Waals surface area contributed by atoms with E-state index < -0.39 is 5.60 Å². The van der Waals surface area contributed by atoms with Crippen molar-refractivity contribution in [1.29, 1.82) is 0 Å². The van der Waals surface area contributed by atoms with E-state index in [9.17, 15) is 4.79 Å². The third kappa shape index (κ3) is 7.11. The number of carbonyl (C=O) groups is 1. The smallest absolute Gasteiger partial charge is 0.410 e. The van der Waals surface area contributed by atoms with Crippen LogP contribution in [-0.4, -0.2) is 41.8 Å². The maximum atomic E-state index is 12.6. The van der Waals surface area contributed by atoms with Crippen molar-refractivity contribution in [1.82, 2.24) is 10.2 Å². The molecule has 4 heteroatoms. The van der Waals surface area contributed by atoms with Crippen molar-refractivity contribution < 1.29 is 9.53 Å². The van der Waals surface area contributed by atoms with E-state index in [1.165, 1.54) is 32.1 Å². The van der Waals surface area contributed by atoms with E-state index in [1.807, 2.05) is 25.7 Å². The number of nitrogens with zero attached hydrogens (tertiary/aromatic N) is 1. The van der Waals surface area contributed by atoms with Crippen molar-refractivity contribution >= 4 is 6.09 Å². The predicted molar refractivity (Wildman–Crippen MR) is 94.6 cm³/mol. The van der Waals surface area contributed by atoms with Gasteiger partial charge in [-0.2, -0.15) is 0 Å². The molecule has 0 spiro atoms. The van der Waals surface area contributed by atoms with Crippen LogP contribution in [0.5, 0.6) is 0 Å². The number of hydrogen-bond donors (Lipinski definition) is 1. The van der Waals surface area contributed by atoms with E-state index in [-0.39, 0.29) is 6.09 Å². The second kappa shape index (κ2) is 8.36. The Morgan fingerprint density at radius 2 is 1.96 bits per heavy atom. The number of rotatable bonds is 6. The van der Waals surface area contributed by atoms with Crippen molar-refractivity contribution in [2.75, 3.05) is 13.1 Å². The Balaban J connectivity index is 1.84. The minimum atomic E-state index is -0.415. The van der Waals surface area contributed by atoms with Crippen LogP contribution in [0.2, 0.25) is 0 Å². The highest BCUT2D eigenvalue weighted by molar-refractivity contribution is 5.68. The monoisotopic (exact) mass is 324 g/mol. The van der Waals surface area contributed by atoms with E-state index in [0.29, 0.717) is 12.1 Å². The molecule has 1 N–H and O–H groups in total. The molecule has 2 unspecified atom stereocenters. The molecule has 4 nitrogen and oxygen atoms in total. The Morgan fingerprint density at radius 3 is 2.61 bits per heavy atom. The fraction of sp³-hybridized carbons (Fsp3) is 0.947. The lowest BCUT2D eigenvalue weighted by molar-refractivity contribution is 0.0150. The topological polar surface area (TPSA) is 41.6 Å². The Morgan fingerprint density at radius 1 is 1.22 bits per heavy atom. The van der Waals surface area contributed by atoms with Crippen LogP contribution in [0.1, 0.15) is 79.1 Å². The molecule has 0 bridgehead atoms. The quantitative estimate of drug-likeness (QED) is 0.790. The summed E-state index contributed by atoms with van der Waals surface area (Å²) in [4.78, 5) is 14.6. The molecule has 2 aliphatic rings. The van der Waals surface area contributed by atoms with Gasteiger partial charge in [0.2, 0.25) is 0 Å². The molecule has 2 atom stereocenters. The molecule has 23 heavy (non-hydrogen) atoms. The van der Waals surface area contributed by atoms with E-state index in [2.05, 4.69) is 12.2 Å². The van der Waals surface area contributed by atoms with Gasteiger partial charge in [0.25, 0.3) is 0 Å². The number of likely N-dealkylation sites (tertiary alicyclic amines) is 1. The van der Waals surface area contributed by atoms with Crippen LogP contribution >= 0.6 is 0 Å². The SMILES string of the molecule is CC(CC1CCCCCN1C(=O)OC(C)(C)C)NCCC1CC1. The molecule has 2 rings (SSSR count). The van der Waals surface area contributed by atoms with Crippen molar-refractivity contribution in [3.8, 4) is 0 Å². The average Bonchev–Trinajstić information content (AvgIpc) is 3.24. The van der Waals surface area contributed by atoms with Crippen LogP contribution in [0.25, 0.3) is 0 Å². The standard InChI is InChI=1S/C19H36N2O2/c1-15(20-12-11-16-9-10-16)14-17-8-6-5-7-13-21(17)18(22)23-19(2,3)4/h15-17,20H,5-14H2,1-4H3. The van der Waals surface area contributed by atoms with Gasteiger partial charge >= 0.3 is 6.09 Å². The van der Waals surface area contributed by atoms with Crippen molar-refractivity contribution in [2.24, 2.45) is 5.92 Å². The summed E-state index contributed by atoms with van der Waals surface area (Å²) < 4.78 is 5.63. The van der Waals surface area contributed by atoms with E-state index in [1.54, 1.807) is 0 Å². The highest BCUT2D eigenvalue weighted by Crippen LogP contribution is 2.31. The van der Waals surface area contributed by atoms with Gasteiger partial charge in [-0.05, 0) is 65.8 Å². The lowest BCUT2D eigenvalue weighted by Gasteiger charge is -2.33. The summed E-state index contributed by atoms with van der Waals surface area (Å²) in [6.45, 7) is 10.0. The Labute approximate surface area is 142 Å². The summed E-state index contributed by atoms with van der Waals surface area (Å²) in [5, 5.41) is 3.65. The molecular formula is C19H36N2O2. The normalized spacial score (nSPS) is 24.2. The molecule has 1 aliphatic heterocycles. The van der Waals surface area contributed by atoms with Gasteiger partial charge < -0.3 is 15.0 Å². The number of amides is 1. The van der Waals surface area contributed by atoms with Gasteiger partial charge in [0.05, 0.1) is 0 Å². The van der Waals surface area contributed by atoms with Crippen LogP contribution < -0.4 is 5.32 Å². The van der Waals surface area contributed by atoms with Gasteiger partial charge in [-0.15, -0.1) is 0 Å². The van der Waals surface area contributed by atoms with Crippen molar-refractivity contribution in [3.63, 3.8) is 0 Å². The Hall–Kier alpha value is -0.770. The van der Waals surface area contributed by atoms with Gasteiger partial charge in [0.1, 0.15) is 5.60 Å². The van der Waals surface area contributed by atoms with Gasteiger partial charge in [-0.1, -0.05) is 25.7 Å². The fourth-order valence-corrected chi connectivity index (χ4v) is 3.42. The minimum absolute atomic E-state index is 0.130. The molecule has 1 heterocycles. The van der Waals surface area contributed by atoms with Crippen LogP contribution in [-0.2, 0) is 4.74 Å². The maximum absolute atomic E-state index is 12.6. The lowest BCUT2D eigenvalue weighted by atomic mass is 10.0. The number of ether oxygens (including phenoxy) is 1. The molecule has 0 aromatic heterocycles. The largest absolute Gasteiger partial charge is 0.444 e. The first-order chi connectivity index (χ1) is 10.8. The fourth-order valence-electron chi connectivity index (χ4n) is 3.42. The summed E-state index contributed by atoms with van der Waals surface area (Å²) >= 11 is 0. The summed E-state index contributed by atoms with van der Waals surface area (Å²) in [6.07, 6.45) is 9.70.